The summed E-state index contributed by atoms with van der Waals surface area (Å²) in [5.74, 6) is 0.441. The summed E-state index contributed by atoms with van der Waals surface area (Å²) >= 11 is 1.47. The number of H-pyrrole nitrogens is 1. The number of aromatic amines is 1. The molecule has 0 spiro atoms. The Morgan fingerprint density at radius 1 is 1.19 bits per heavy atom. The van der Waals surface area contributed by atoms with Crippen molar-refractivity contribution in [2.45, 2.75) is 11.7 Å². The van der Waals surface area contributed by atoms with Crippen molar-refractivity contribution in [3.8, 4) is 0 Å². The molecule has 0 amide bonds. The number of ketones is 1. The second-order valence-electron chi connectivity index (χ2n) is 5.99. The number of carbonyl (C=O) groups is 1. The van der Waals surface area contributed by atoms with E-state index >= 15 is 0 Å². The largest absolute Gasteiger partial charge is 0.383 e. The van der Waals surface area contributed by atoms with Crippen LogP contribution in [0.1, 0.15) is 10.4 Å². The molecule has 0 aliphatic carbocycles. The van der Waals surface area contributed by atoms with Crippen molar-refractivity contribution < 1.29 is 9.53 Å². The number of imidazole rings is 1. The lowest BCUT2D eigenvalue weighted by atomic mass is 10.1. The van der Waals surface area contributed by atoms with E-state index in [1.54, 1.807) is 13.3 Å². The SMILES string of the molecule is COCCn1c(SCC(=O)c2c[nH]c3ccccc23)nc2ccccc21. The summed E-state index contributed by atoms with van der Waals surface area (Å²) in [6, 6.07) is 15.9. The predicted molar refractivity (Wildman–Crippen MR) is 105 cm³/mol. The number of benzene rings is 2. The molecule has 0 bridgehead atoms. The van der Waals surface area contributed by atoms with Gasteiger partial charge in [-0.05, 0) is 18.2 Å². The topological polar surface area (TPSA) is 59.9 Å². The van der Waals surface area contributed by atoms with Crippen molar-refractivity contribution in [2.75, 3.05) is 19.5 Å². The molecule has 0 saturated heterocycles. The zero-order chi connectivity index (χ0) is 17.9. The average molecular weight is 365 g/mol. The standard InChI is InChI=1S/C20H19N3O2S/c1-25-11-10-23-18-9-5-4-8-17(18)22-20(23)26-13-19(24)15-12-21-16-7-3-2-6-14(15)16/h2-9,12,21H,10-11,13H2,1H3. The van der Waals surface area contributed by atoms with Crippen molar-refractivity contribution >= 4 is 39.5 Å². The normalized spacial score (nSPS) is 11.4. The number of ether oxygens (including phenoxy) is 1. The molecule has 2 aromatic carbocycles. The minimum absolute atomic E-state index is 0.0952. The molecule has 0 radical (unpaired) electrons. The van der Waals surface area contributed by atoms with Crippen LogP contribution in [0.4, 0.5) is 0 Å². The Balaban J connectivity index is 1.58. The molecule has 2 aromatic heterocycles. The lowest BCUT2D eigenvalue weighted by molar-refractivity contribution is 0.102. The van der Waals surface area contributed by atoms with Crippen LogP contribution in [-0.2, 0) is 11.3 Å². The van der Waals surface area contributed by atoms with Gasteiger partial charge in [0.05, 0.1) is 23.4 Å². The van der Waals surface area contributed by atoms with Gasteiger partial charge in [0.2, 0.25) is 0 Å². The van der Waals surface area contributed by atoms with E-state index < -0.39 is 0 Å². The minimum atomic E-state index is 0.0952. The molecule has 0 atom stereocenters. The first-order valence-electron chi connectivity index (χ1n) is 8.44. The minimum Gasteiger partial charge on any atom is -0.383 e. The van der Waals surface area contributed by atoms with Gasteiger partial charge >= 0.3 is 0 Å². The summed E-state index contributed by atoms with van der Waals surface area (Å²) in [6.45, 7) is 1.31. The maximum atomic E-state index is 12.7. The highest BCUT2D eigenvalue weighted by molar-refractivity contribution is 7.99. The number of aromatic nitrogens is 3. The Morgan fingerprint density at radius 3 is 2.88 bits per heavy atom. The van der Waals surface area contributed by atoms with Crippen LogP contribution in [0, 0.1) is 0 Å². The fourth-order valence-corrected chi connectivity index (χ4v) is 4.00. The summed E-state index contributed by atoms with van der Waals surface area (Å²) < 4.78 is 7.34. The summed E-state index contributed by atoms with van der Waals surface area (Å²) in [6.07, 6.45) is 1.79. The van der Waals surface area contributed by atoms with E-state index in [2.05, 4.69) is 9.55 Å². The van der Waals surface area contributed by atoms with E-state index in [0.717, 1.165) is 32.7 Å². The molecule has 5 nitrogen and oxygen atoms in total. The van der Waals surface area contributed by atoms with E-state index in [1.807, 2.05) is 48.5 Å². The smallest absolute Gasteiger partial charge is 0.175 e. The molecule has 0 unspecified atom stereocenters. The van der Waals surface area contributed by atoms with E-state index in [0.29, 0.717) is 18.9 Å². The van der Waals surface area contributed by atoms with Crippen molar-refractivity contribution in [2.24, 2.45) is 0 Å². The Bertz CT molecular complexity index is 1070. The quantitative estimate of drug-likeness (QED) is 0.395. The number of Topliss-reactive ketones (excluding diaryl/α,β-unsaturated/α-hetero) is 1. The second-order valence-corrected chi connectivity index (χ2v) is 6.93. The van der Waals surface area contributed by atoms with Crippen LogP contribution in [0.5, 0.6) is 0 Å². The molecule has 0 aliphatic heterocycles. The molecular weight excluding hydrogens is 346 g/mol. The monoisotopic (exact) mass is 365 g/mol. The summed E-state index contributed by atoms with van der Waals surface area (Å²) in [5.41, 5.74) is 3.71. The number of carbonyl (C=O) groups excluding carboxylic acids is 1. The van der Waals surface area contributed by atoms with E-state index in [1.165, 1.54) is 11.8 Å². The summed E-state index contributed by atoms with van der Waals surface area (Å²) in [5, 5.41) is 1.81. The number of nitrogens with one attached hydrogen (secondary N) is 1. The van der Waals surface area contributed by atoms with Crippen LogP contribution in [0.25, 0.3) is 21.9 Å². The number of methoxy groups -OCH3 is 1. The third-order valence-corrected chi connectivity index (χ3v) is 5.34. The van der Waals surface area contributed by atoms with E-state index in [9.17, 15) is 4.79 Å². The Morgan fingerprint density at radius 2 is 2.00 bits per heavy atom. The summed E-state index contributed by atoms with van der Waals surface area (Å²) in [7, 11) is 1.69. The maximum absolute atomic E-state index is 12.7. The Hall–Kier alpha value is -2.57. The van der Waals surface area contributed by atoms with Gasteiger partial charge in [-0.3, -0.25) is 4.79 Å². The van der Waals surface area contributed by atoms with Gasteiger partial charge in [0.15, 0.2) is 10.9 Å². The first kappa shape index (κ1) is 16.9. The lowest BCUT2D eigenvalue weighted by Gasteiger charge is -2.07. The molecular formula is C20H19N3O2S. The Kier molecular flexibility index (Phi) is 4.77. The third-order valence-electron chi connectivity index (χ3n) is 4.36. The molecule has 6 heteroatoms. The highest BCUT2D eigenvalue weighted by atomic mass is 32.2. The van der Waals surface area contributed by atoms with Crippen molar-refractivity contribution in [1.82, 2.24) is 14.5 Å². The van der Waals surface area contributed by atoms with Gasteiger partial charge in [0, 0.05) is 36.3 Å². The van der Waals surface area contributed by atoms with Gasteiger partial charge < -0.3 is 14.3 Å². The van der Waals surface area contributed by atoms with Gasteiger partial charge in [-0.1, -0.05) is 42.1 Å². The first-order valence-corrected chi connectivity index (χ1v) is 9.43. The fraction of sp³-hybridized carbons (Fsp3) is 0.200. The zero-order valence-corrected chi connectivity index (χ0v) is 15.3. The van der Waals surface area contributed by atoms with Crippen molar-refractivity contribution in [3.63, 3.8) is 0 Å². The van der Waals surface area contributed by atoms with Crippen LogP contribution in [0.3, 0.4) is 0 Å². The molecule has 26 heavy (non-hydrogen) atoms. The number of hydrogen-bond acceptors (Lipinski definition) is 4. The van der Waals surface area contributed by atoms with Gasteiger partial charge in [0.25, 0.3) is 0 Å². The number of rotatable bonds is 7. The van der Waals surface area contributed by atoms with Crippen molar-refractivity contribution in [1.29, 1.82) is 0 Å². The van der Waals surface area contributed by atoms with Crippen LogP contribution in [0.2, 0.25) is 0 Å². The fourth-order valence-electron chi connectivity index (χ4n) is 3.07. The Labute approximate surface area is 155 Å². The number of hydrogen-bond donors (Lipinski definition) is 1. The van der Waals surface area contributed by atoms with Gasteiger partial charge in [0.1, 0.15) is 0 Å². The maximum Gasteiger partial charge on any atom is 0.175 e. The predicted octanol–water partition coefficient (Wildman–Crippen LogP) is 4.14. The van der Waals surface area contributed by atoms with Crippen LogP contribution >= 0.6 is 11.8 Å². The van der Waals surface area contributed by atoms with Gasteiger partial charge in [-0.15, -0.1) is 0 Å². The summed E-state index contributed by atoms with van der Waals surface area (Å²) in [4.78, 5) is 20.6. The van der Waals surface area contributed by atoms with Gasteiger partial charge in [-0.2, -0.15) is 0 Å². The molecule has 1 N–H and O–H groups in total. The molecule has 4 rings (SSSR count). The number of para-hydroxylation sites is 3. The average Bonchev–Trinajstić information content (AvgIpc) is 3.26. The molecule has 0 aliphatic rings. The number of nitrogens with zero attached hydrogens (tertiary/aromatic N) is 2. The lowest BCUT2D eigenvalue weighted by Crippen LogP contribution is -2.07. The zero-order valence-electron chi connectivity index (χ0n) is 14.4. The number of thioether (sulfide) groups is 1. The molecule has 4 aromatic rings. The number of fused-ring (bicyclic) bond motifs is 2. The molecule has 0 saturated carbocycles. The van der Waals surface area contributed by atoms with Crippen LogP contribution in [0.15, 0.2) is 59.9 Å². The highest BCUT2D eigenvalue weighted by Gasteiger charge is 2.16. The third kappa shape index (κ3) is 3.13. The molecule has 132 valence electrons. The van der Waals surface area contributed by atoms with Crippen molar-refractivity contribution in [3.05, 3.63) is 60.3 Å². The van der Waals surface area contributed by atoms with E-state index in [-0.39, 0.29) is 5.78 Å². The molecule has 0 fully saturated rings. The van der Waals surface area contributed by atoms with Crippen LogP contribution in [-0.4, -0.2) is 39.8 Å². The highest BCUT2D eigenvalue weighted by Crippen LogP contribution is 2.26. The second kappa shape index (κ2) is 7.35. The first-order chi connectivity index (χ1) is 12.8. The molecule has 2 heterocycles. The van der Waals surface area contributed by atoms with Crippen LogP contribution < -0.4 is 0 Å². The van der Waals surface area contributed by atoms with E-state index in [4.69, 9.17) is 9.72 Å². The van der Waals surface area contributed by atoms with Gasteiger partial charge in [-0.25, -0.2) is 4.98 Å².